The Balaban J connectivity index is 0.000000377. The van der Waals surface area contributed by atoms with Crippen LogP contribution in [0, 0.1) is 5.82 Å². The summed E-state index contributed by atoms with van der Waals surface area (Å²) in [7, 11) is 2.11. The normalized spacial score (nSPS) is 14.4. The molecule has 1 aliphatic rings. The predicted octanol–water partition coefficient (Wildman–Crippen LogP) is 3.59. The van der Waals surface area contributed by atoms with Crippen LogP contribution in [-0.4, -0.2) is 44.0 Å². The topological polar surface area (TPSA) is 29.5 Å². The quantitative estimate of drug-likeness (QED) is 0.835. The Morgan fingerprint density at radius 1 is 1.33 bits per heavy atom. The van der Waals surface area contributed by atoms with Gasteiger partial charge in [0.1, 0.15) is 11.6 Å². The minimum absolute atomic E-state index is 0.0109. The molecule has 0 unspecified atom stereocenters. The maximum atomic E-state index is 12.8. The van der Waals surface area contributed by atoms with Crippen molar-refractivity contribution in [2.45, 2.75) is 27.2 Å². The zero-order valence-electron chi connectivity index (χ0n) is 13.3. The molecular formula is C16H25ClFNO2. The molecule has 1 fully saturated rings. The zero-order valence-corrected chi connectivity index (χ0v) is 14.0. The first kappa shape index (κ1) is 20.0. The number of morpholine rings is 1. The number of ketones is 1. The standard InChI is InChI=1S/C9H8ClFO.C5H11NO.C2H6/c1-6(12)4-7-2-3-8(10)9(11)5-7;1-6-2-4-7-5-3-6;1-2/h2-3,5H,4H2,1H3;2-5H2,1H3;1-2H3. The Bertz CT molecular complexity index is 421. The zero-order chi connectivity index (χ0) is 16.3. The van der Waals surface area contributed by atoms with E-state index in [0.717, 1.165) is 26.3 Å². The molecule has 21 heavy (non-hydrogen) atoms. The second-order valence-electron chi connectivity index (χ2n) is 4.54. The summed E-state index contributed by atoms with van der Waals surface area (Å²) in [5, 5.41) is 0.0855. The van der Waals surface area contributed by atoms with Crippen LogP contribution in [0.3, 0.4) is 0 Å². The van der Waals surface area contributed by atoms with Crippen molar-refractivity contribution in [3.63, 3.8) is 0 Å². The van der Waals surface area contributed by atoms with Gasteiger partial charge in [-0.3, -0.25) is 4.79 Å². The summed E-state index contributed by atoms with van der Waals surface area (Å²) in [5.74, 6) is -0.466. The highest BCUT2D eigenvalue weighted by Gasteiger charge is 2.03. The molecule has 0 amide bonds. The van der Waals surface area contributed by atoms with Crippen molar-refractivity contribution in [2.75, 3.05) is 33.4 Å². The Hall–Kier alpha value is -0.970. The average Bonchev–Trinajstić information content (AvgIpc) is 2.46. The van der Waals surface area contributed by atoms with E-state index < -0.39 is 5.82 Å². The van der Waals surface area contributed by atoms with E-state index in [0.29, 0.717) is 5.56 Å². The van der Waals surface area contributed by atoms with Crippen molar-refractivity contribution in [3.05, 3.63) is 34.6 Å². The molecular weight excluding hydrogens is 293 g/mol. The Kier molecular flexibility index (Phi) is 11.1. The molecule has 1 heterocycles. The lowest BCUT2D eigenvalue weighted by atomic mass is 10.1. The molecule has 0 bridgehead atoms. The van der Waals surface area contributed by atoms with E-state index >= 15 is 0 Å². The van der Waals surface area contributed by atoms with Crippen LogP contribution in [0.2, 0.25) is 5.02 Å². The lowest BCUT2D eigenvalue weighted by Crippen LogP contribution is -2.32. The first-order valence-corrected chi connectivity index (χ1v) is 7.56. The number of likely N-dealkylation sites (N-methyl/N-ethyl adjacent to an activating group) is 1. The van der Waals surface area contributed by atoms with Crippen molar-refractivity contribution >= 4 is 17.4 Å². The van der Waals surface area contributed by atoms with Crippen LogP contribution >= 0.6 is 11.6 Å². The highest BCUT2D eigenvalue weighted by Crippen LogP contribution is 2.15. The van der Waals surface area contributed by atoms with Crippen molar-refractivity contribution in [1.82, 2.24) is 4.90 Å². The van der Waals surface area contributed by atoms with E-state index in [1.165, 1.54) is 19.1 Å². The van der Waals surface area contributed by atoms with Crippen molar-refractivity contribution in [1.29, 1.82) is 0 Å². The van der Waals surface area contributed by atoms with Crippen molar-refractivity contribution < 1.29 is 13.9 Å². The second-order valence-corrected chi connectivity index (χ2v) is 4.95. The van der Waals surface area contributed by atoms with E-state index in [1.54, 1.807) is 6.07 Å². The summed E-state index contributed by atoms with van der Waals surface area (Å²) < 4.78 is 17.9. The van der Waals surface area contributed by atoms with Gasteiger partial charge < -0.3 is 9.64 Å². The fraction of sp³-hybridized carbons (Fsp3) is 0.562. The molecule has 1 aromatic rings. The molecule has 0 aliphatic carbocycles. The third-order valence-electron chi connectivity index (χ3n) is 2.67. The van der Waals surface area contributed by atoms with Crippen LogP contribution in [0.15, 0.2) is 18.2 Å². The molecule has 5 heteroatoms. The monoisotopic (exact) mass is 317 g/mol. The van der Waals surface area contributed by atoms with Crippen LogP contribution in [0.4, 0.5) is 4.39 Å². The number of carbonyl (C=O) groups is 1. The van der Waals surface area contributed by atoms with Gasteiger partial charge in [0.25, 0.3) is 0 Å². The minimum atomic E-state index is -0.476. The number of ether oxygens (including phenoxy) is 1. The molecule has 120 valence electrons. The molecule has 0 aromatic heterocycles. The van der Waals surface area contributed by atoms with E-state index in [4.69, 9.17) is 16.3 Å². The van der Waals surface area contributed by atoms with Gasteiger partial charge in [0.2, 0.25) is 0 Å². The number of Topliss-reactive ketones (excluding diaryl/α,β-unsaturated/α-hetero) is 1. The highest BCUT2D eigenvalue weighted by molar-refractivity contribution is 6.30. The van der Waals surface area contributed by atoms with Crippen LogP contribution in [0.5, 0.6) is 0 Å². The van der Waals surface area contributed by atoms with Crippen molar-refractivity contribution in [3.8, 4) is 0 Å². The molecule has 0 spiro atoms. The van der Waals surface area contributed by atoms with E-state index in [1.807, 2.05) is 13.8 Å². The Morgan fingerprint density at radius 3 is 2.29 bits per heavy atom. The van der Waals surface area contributed by atoms with E-state index in [2.05, 4.69) is 11.9 Å². The molecule has 1 aliphatic heterocycles. The Morgan fingerprint density at radius 2 is 1.90 bits per heavy atom. The minimum Gasteiger partial charge on any atom is -0.379 e. The Labute approximate surface area is 132 Å². The summed E-state index contributed by atoms with van der Waals surface area (Å²) in [5.41, 5.74) is 0.657. The average molecular weight is 318 g/mol. The fourth-order valence-electron chi connectivity index (χ4n) is 1.59. The number of halogens is 2. The lowest BCUT2D eigenvalue weighted by Gasteiger charge is -2.21. The van der Waals surface area contributed by atoms with E-state index in [-0.39, 0.29) is 17.2 Å². The van der Waals surface area contributed by atoms with Gasteiger partial charge in [-0.15, -0.1) is 0 Å². The van der Waals surface area contributed by atoms with Gasteiger partial charge >= 0.3 is 0 Å². The number of nitrogens with zero attached hydrogens (tertiary/aromatic N) is 1. The molecule has 0 atom stereocenters. The molecule has 1 saturated heterocycles. The fourth-order valence-corrected chi connectivity index (χ4v) is 1.71. The third-order valence-corrected chi connectivity index (χ3v) is 2.98. The van der Waals surface area contributed by atoms with Gasteiger partial charge in [-0.2, -0.15) is 0 Å². The molecule has 0 N–H and O–H groups in total. The maximum Gasteiger partial charge on any atom is 0.142 e. The van der Waals surface area contributed by atoms with Crippen LogP contribution in [0.1, 0.15) is 26.3 Å². The third kappa shape index (κ3) is 9.56. The molecule has 2 rings (SSSR count). The summed E-state index contributed by atoms with van der Waals surface area (Å²) >= 11 is 5.46. The molecule has 0 radical (unpaired) electrons. The van der Waals surface area contributed by atoms with Gasteiger partial charge in [-0.05, 0) is 31.7 Å². The maximum absolute atomic E-state index is 12.8. The molecule has 0 saturated carbocycles. The SMILES string of the molecule is CC.CC(=O)Cc1ccc(Cl)c(F)c1.CN1CCOCC1. The van der Waals surface area contributed by atoms with Crippen LogP contribution < -0.4 is 0 Å². The second kappa shape index (κ2) is 11.7. The summed E-state index contributed by atoms with van der Waals surface area (Å²) in [4.78, 5) is 12.9. The number of rotatable bonds is 2. The first-order valence-electron chi connectivity index (χ1n) is 7.18. The van der Waals surface area contributed by atoms with Gasteiger partial charge in [0.15, 0.2) is 0 Å². The summed E-state index contributed by atoms with van der Waals surface area (Å²) in [6, 6.07) is 4.38. The van der Waals surface area contributed by atoms with Gasteiger partial charge in [0, 0.05) is 19.5 Å². The van der Waals surface area contributed by atoms with Crippen LogP contribution in [-0.2, 0) is 16.0 Å². The molecule has 3 nitrogen and oxygen atoms in total. The lowest BCUT2D eigenvalue weighted by molar-refractivity contribution is -0.116. The summed E-state index contributed by atoms with van der Waals surface area (Å²) in [6.45, 7) is 9.49. The van der Waals surface area contributed by atoms with E-state index in [9.17, 15) is 9.18 Å². The molecule has 1 aromatic carbocycles. The highest BCUT2D eigenvalue weighted by atomic mass is 35.5. The number of carbonyl (C=O) groups excluding carboxylic acids is 1. The first-order chi connectivity index (χ1) is 9.99. The smallest absolute Gasteiger partial charge is 0.142 e. The number of hydrogen-bond acceptors (Lipinski definition) is 3. The van der Waals surface area contributed by atoms with Gasteiger partial charge in [-0.25, -0.2) is 4.39 Å². The summed E-state index contributed by atoms with van der Waals surface area (Å²) in [6.07, 6.45) is 0.258. The van der Waals surface area contributed by atoms with Crippen molar-refractivity contribution in [2.24, 2.45) is 0 Å². The van der Waals surface area contributed by atoms with Gasteiger partial charge in [0.05, 0.1) is 18.2 Å². The van der Waals surface area contributed by atoms with Gasteiger partial charge in [-0.1, -0.05) is 31.5 Å². The largest absolute Gasteiger partial charge is 0.379 e. The predicted molar refractivity (Wildman–Crippen MR) is 85.5 cm³/mol. The van der Waals surface area contributed by atoms with Crippen LogP contribution in [0.25, 0.3) is 0 Å². The number of hydrogen-bond donors (Lipinski definition) is 0. The number of benzene rings is 1.